The minimum atomic E-state index is -1.09. The maximum absolute atomic E-state index is 13.5. The van der Waals surface area contributed by atoms with E-state index in [1.807, 2.05) is 25.1 Å². The lowest BCUT2D eigenvalue weighted by atomic mass is 9.44. The van der Waals surface area contributed by atoms with Gasteiger partial charge in [-0.3, -0.25) is 4.79 Å². The number of aliphatic hydroxyl groups excluding tert-OH is 1. The van der Waals surface area contributed by atoms with Gasteiger partial charge in [-0.1, -0.05) is 29.8 Å². The number of allylic oxidation sites excluding steroid dienone is 1. The summed E-state index contributed by atoms with van der Waals surface area (Å²) in [6.45, 7) is 2.96. The van der Waals surface area contributed by atoms with Crippen LogP contribution in [-0.4, -0.2) is 49.7 Å². The molecule has 3 N–H and O–H groups in total. The maximum atomic E-state index is 13.5. The van der Waals surface area contributed by atoms with Crippen molar-refractivity contribution < 1.29 is 19.4 Å². The normalized spacial score (nSPS) is 42.9. The van der Waals surface area contributed by atoms with Crippen LogP contribution in [0, 0.1) is 11.3 Å². The number of hydrogen-bond acceptors (Lipinski definition) is 6. The number of methoxy groups -OCH3 is 1. The van der Waals surface area contributed by atoms with E-state index in [9.17, 15) is 9.90 Å². The highest BCUT2D eigenvalue weighted by atomic mass is 16.5. The number of carbonyl (C=O) groups excluding carboxylic acids is 1. The third-order valence-electron chi connectivity index (χ3n) is 7.64. The van der Waals surface area contributed by atoms with Crippen LogP contribution in [0.4, 0.5) is 5.69 Å². The Hall–Kier alpha value is -1.89. The van der Waals surface area contributed by atoms with Gasteiger partial charge in [-0.25, -0.2) is 0 Å². The number of hydrogen-bond donors (Lipinski definition) is 3. The summed E-state index contributed by atoms with van der Waals surface area (Å²) in [4.78, 5) is 13.5. The summed E-state index contributed by atoms with van der Waals surface area (Å²) < 4.78 is 11.8. The molecule has 1 aromatic carbocycles. The molecule has 1 saturated carbocycles. The lowest BCUT2D eigenvalue weighted by molar-refractivity contribution is -0.192. The number of esters is 1. The van der Waals surface area contributed by atoms with E-state index >= 15 is 0 Å². The standard InChI is InChI=1S/C21H26N2O4/c1-3-13-11-22-17-10-15(13)19(12-24,18(25)26-2)20-8-9-27-21(17,20)23-16-7-5-4-6-14(16)20/h3-7,15,17,22-24H,8-12H2,1-2H3/t15-,17?,19+,20-,21-/m0/s1. The number of fused-ring (bicyclic) bond motifs is 3. The Balaban J connectivity index is 1.87. The third-order valence-corrected chi connectivity index (χ3v) is 7.64. The molecule has 6 nitrogen and oxygen atoms in total. The van der Waals surface area contributed by atoms with E-state index in [0.29, 0.717) is 19.6 Å². The van der Waals surface area contributed by atoms with Crippen LogP contribution >= 0.6 is 0 Å². The van der Waals surface area contributed by atoms with Crippen LogP contribution in [0.15, 0.2) is 35.9 Å². The zero-order chi connectivity index (χ0) is 18.9. The summed E-state index contributed by atoms with van der Waals surface area (Å²) in [5, 5.41) is 18.1. The first kappa shape index (κ1) is 17.2. The summed E-state index contributed by atoms with van der Waals surface area (Å²) in [5.74, 6) is -0.433. The summed E-state index contributed by atoms with van der Waals surface area (Å²) >= 11 is 0. The van der Waals surface area contributed by atoms with Crippen LogP contribution in [0.5, 0.6) is 0 Å². The molecule has 3 aliphatic heterocycles. The van der Waals surface area contributed by atoms with Gasteiger partial charge in [0.2, 0.25) is 0 Å². The average Bonchev–Trinajstić information content (AvgIpc) is 3.22. The van der Waals surface area contributed by atoms with Crippen molar-refractivity contribution in [1.29, 1.82) is 0 Å². The van der Waals surface area contributed by atoms with Gasteiger partial charge in [0.25, 0.3) is 0 Å². The molecular weight excluding hydrogens is 344 g/mol. The first-order chi connectivity index (χ1) is 13.1. The first-order valence-corrected chi connectivity index (χ1v) is 9.70. The van der Waals surface area contributed by atoms with Crippen molar-refractivity contribution in [1.82, 2.24) is 5.32 Å². The molecule has 1 aromatic rings. The fourth-order valence-corrected chi connectivity index (χ4v) is 6.67. The summed E-state index contributed by atoms with van der Waals surface area (Å²) in [7, 11) is 1.42. The molecule has 0 spiro atoms. The fourth-order valence-electron chi connectivity index (χ4n) is 6.67. The monoisotopic (exact) mass is 370 g/mol. The number of rotatable bonds is 2. The molecule has 2 saturated heterocycles. The van der Waals surface area contributed by atoms with Gasteiger partial charge < -0.3 is 25.2 Å². The van der Waals surface area contributed by atoms with E-state index < -0.39 is 16.6 Å². The van der Waals surface area contributed by atoms with Crippen LogP contribution in [-0.2, 0) is 19.7 Å². The van der Waals surface area contributed by atoms with Crippen LogP contribution < -0.4 is 10.6 Å². The SMILES string of the molecule is CC=C1CNC2C[C@@H]1[C@](CO)(C(=O)OC)[C@@]13CCO[C@@]21Nc1ccccc13. The molecule has 4 aliphatic rings. The molecule has 5 atom stereocenters. The predicted octanol–water partition coefficient (Wildman–Crippen LogP) is 1.56. The Morgan fingerprint density at radius 3 is 3.00 bits per heavy atom. The van der Waals surface area contributed by atoms with E-state index in [0.717, 1.165) is 23.2 Å². The van der Waals surface area contributed by atoms with Crippen LogP contribution in [0.3, 0.4) is 0 Å². The van der Waals surface area contributed by atoms with Crippen molar-refractivity contribution in [2.75, 3.05) is 32.2 Å². The van der Waals surface area contributed by atoms with Gasteiger partial charge in [0.05, 0.1) is 31.8 Å². The summed E-state index contributed by atoms with van der Waals surface area (Å²) in [6, 6.07) is 8.14. The maximum Gasteiger partial charge on any atom is 0.315 e. The number of benzene rings is 1. The lowest BCUT2D eigenvalue weighted by Crippen LogP contribution is -2.78. The number of para-hydroxylation sites is 1. The van der Waals surface area contributed by atoms with Crippen molar-refractivity contribution in [2.45, 2.75) is 36.9 Å². The number of aliphatic hydroxyl groups is 1. The van der Waals surface area contributed by atoms with Crippen LogP contribution in [0.1, 0.15) is 25.3 Å². The van der Waals surface area contributed by atoms with Crippen molar-refractivity contribution in [3.63, 3.8) is 0 Å². The van der Waals surface area contributed by atoms with E-state index in [-0.39, 0.29) is 24.5 Å². The number of anilines is 1. The molecule has 5 rings (SSSR count). The molecule has 3 fully saturated rings. The average molecular weight is 370 g/mol. The second-order valence-corrected chi connectivity index (χ2v) is 8.12. The fraction of sp³-hybridized carbons (Fsp3) is 0.571. The Bertz CT molecular complexity index is 839. The molecule has 27 heavy (non-hydrogen) atoms. The molecule has 6 heteroatoms. The summed E-state index contributed by atoms with van der Waals surface area (Å²) in [6.07, 6.45) is 3.46. The topological polar surface area (TPSA) is 79.8 Å². The van der Waals surface area contributed by atoms with Crippen molar-refractivity contribution >= 4 is 11.7 Å². The Morgan fingerprint density at radius 1 is 1.44 bits per heavy atom. The third kappa shape index (κ3) is 1.67. The molecule has 0 amide bonds. The van der Waals surface area contributed by atoms with E-state index in [2.05, 4.69) is 22.8 Å². The summed E-state index contributed by atoms with van der Waals surface area (Å²) in [5.41, 5.74) is 0.658. The van der Waals surface area contributed by atoms with Gasteiger partial charge in [-0.05, 0) is 31.4 Å². The second kappa shape index (κ2) is 5.56. The van der Waals surface area contributed by atoms with Crippen molar-refractivity contribution in [2.24, 2.45) is 11.3 Å². The minimum Gasteiger partial charge on any atom is -0.468 e. The van der Waals surface area contributed by atoms with Gasteiger partial charge >= 0.3 is 5.97 Å². The van der Waals surface area contributed by atoms with Crippen LogP contribution in [0.25, 0.3) is 0 Å². The number of nitrogens with one attached hydrogen (secondary N) is 2. The van der Waals surface area contributed by atoms with Gasteiger partial charge in [-0.2, -0.15) is 0 Å². The smallest absolute Gasteiger partial charge is 0.315 e. The van der Waals surface area contributed by atoms with Gasteiger partial charge in [-0.15, -0.1) is 0 Å². The van der Waals surface area contributed by atoms with Gasteiger partial charge in [0.1, 0.15) is 5.41 Å². The molecule has 1 unspecified atom stereocenters. The highest BCUT2D eigenvalue weighted by molar-refractivity contribution is 5.85. The van der Waals surface area contributed by atoms with Crippen molar-refractivity contribution in [3.8, 4) is 0 Å². The molecular formula is C21H26N2O4. The van der Waals surface area contributed by atoms with Gasteiger partial charge in [0.15, 0.2) is 5.72 Å². The largest absolute Gasteiger partial charge is 0.468 e. The highest BCUT2D eigenvalue weighted by Crippen LogP contribution is 2.70. The van der Waals surface area contributed by atoms with Gasteiger partial charge in [0, 0.05) is 18.2 Å². The first-order valence-electron chi connectivity index (χ1n) is 9.70. The van der Waals surface area contributed by atoms with Crippen molar-refractivity contribution in [3.05, 3.63) is 41.5 Å². The Kier molecular flexibility index (Phi) is 3.55. The second-order valence-electron chi connectivity index (χ2n) is 8.12. The zero-order valence-electron chi connectivity index (χ0n) is 15.7. The highest BCUT2D eigenvalue weighted by Gasteiger charge is 2.81. The minimum absolute atomic E-state index is 0.0467. The zero-order valence-corrected chi connectivity index (χ0v) is 15.7. The molecule has 1 aliphatic carbocycles. The molecule has 0 radical (unpaired) electrons. The molecule has 3 heterocycles. The molecule has 144 valence electrons. The Labute approximate surface area is 158 Å². The van der Waals surface area contributed by atoms with E-state index in [1.165, 1.54) is 7.11 Å². The molecule has 2 bridgehead atoms. The number of piperidine rings is 1. The van der Waals surface area contributed by atoms with E-state index in [4.69, 9.17) is 9.47 Å². The molecule has 0 aromatic heterocycles. The quantitative estimate of drug-likeness (QED) is 0.542. The Morgan fingerprint density at radius 2 is 2.26 bits per heavy atom. The number of carbonyl (C=O) groups is 1. The van der Waals surface area contributed by atoms with Crippen LogP contribution in [0.2, 0.25) is 0 Å². The number of ether oxygens (including phenoxy) is 2. The lowest BCUT2D eigenvalue weighted by Gasteiger charge is -2.62. The van der Waals surface area contributed by atoms with E-state index in [1.54, 1.807) is 0 Å². The predicted molar refractivity (Wildman–Crippen MR) is 100 cm³/mol.